The Morgan fingerprint density at radius 1 is 1.44 bits per heavy atom. The Balaban J connectivity index is 3.62. The van der Waals surface area contributed by atoms with Gasteiger partial charge in [0.15, 0.2) is 0 Å². The maximum Gasteiger partial charge on any atom is 0.0522 e. The highest BCUT2D eigenvalue weighted by molar-refractivity contribution is 7.55. The molecule has 0 aromatic heterocycles. The number of rotatable bonds is 3. The van der Waals surface area contributed by atoms with Crippen LogP contribution < -0.4 is 0 Å². The molecule has 0 N–H and O–H groups in total. The van der Waals surface area contributed by atoms with E-state index in [4.69, 9.17) is 11.1 Å². The standard InChI is InChI=1S/C2H5N6P/c1-9(8-7-4)2-5-6-3/h2H2,1H3. The van der Waals surface area contributed by atoms with E-state index in [-0.39, 0.29) is 6.29 Å². The number of hydrogen-bond donors (Lipinski definition) is 0. The summed E-state index contributed by atoms with van der Waals surface area (Å²) >= 11 is 0. The van der Waals surface area contributed by atoms with E-state index < -0.39 is 8.07 Å². The van der Waals surface area contributed by atoms with Gasteiger partial charge in [0.1, 0.15) is 0 Å². The summed E-state index contributed by atoms with van der Waals surface area (Å²) < 4.78 is 0. The molecule has 0 heterocycles. The summed E-state index contributed by atoms with van der Waals surface area (Å²) in [4.78, 5) is 8.42. The number of nitrogens with zero attached hydrogens (tertiary/aromatic N) is 6. The topological polar surface area (TPSA) is 97.5 Å². The zero-order valence-electron chi connectivity index (χ0n) is 4.84. The minimum Gasteiger partial charge on any atom is -0.0892 e. The molecule has 0 radical (unpaired) electrons. The minimum atomic E-state index is -0.799. The van der Waals surface area contributed by atoms with Crippen molar-refractivity contribution in [1.29, 1.82) is 0 Å². The van der Waals surface area contributed by atoms with Crippen molar-refractivity contribution >= 4 is 8.07 Å². The molecule has 0 saturated carbocycles. The normalized spacial score (nSPS) is 10.8. The van der Waals surface area contributed by atoms with Crippen molar-refractivity contribution in [2.45, 2.75) is 0 Å². The second-order valence-corrected chi connectivity index (χ2v) is 2.99. The van der Waals surface area contributed by atoms with Gasteiger partial charge >= 0.3 is 0 Å². The van der Waals surface area contributed by atoms with E-state index in [1.807, 2.05) is 0 Å². The quantitative estimate of drug-likeness (QED) is 0.251. The number of hydrogen-bond acceptors (Lipinski definition) is 2. The SMILES string of the molecule is CP(CN=[N+]=[N-])N=[N+]=[N-]. The summed E-state index contributed by atoms with van der Waals surface area (Å²) in [6.45, 7) is 1.74. The van der Waals surface area contributed by atoms with Crippen LogP contribution in [0.5, 0.6) is 0 Å². The van der Waals surface area contributed by atoms with Crippen LogP contribution >= 0.6 is 8.07 Å². The second-order valence-electron chi connectivity index (χ2n) is 1.21. The highest BCUT2D eigenvalue weighted by Gasteiger charge is 1.90. The monoisotopic (exact) mass is 144 g/mol. The summed E-state index contributed by atoms with van der Waals surface area (Å²) in [6.07, 6.45) is 0.288. The van der Waals surface area contributed by atoms with Crippen LogP contribution in [0.1, 0.15) is 0 Å². The van der Waals surface area contributed by atoms with E-state index in [1.54, 1.807) is 6.66 Å². The lowest BCUT2D eigenvalue weighted by molar-refractivity contribution is 1.31. The fourth-order valence-corrected chi connectivity index (χ4v) is 0.649. The molecular weight excluding hydrogens is 139 g/mol. The molecule has 0 aromatic carbocycles. The van der Waals surface area contributed by atoms with Crippen molar-refractivity contribution in [3.63, 3.8) is 0 Å². The van der Waals surface area contributed by atoms with Crippen molar-refractivity contribution in [3.05, 3.63) is 20.9 Å². The summed E-state index contributed by atoms with van der Waals surface area (Å²) in [5.74, 6) is 0. The average Bonchev–Trinajstić information content (AvgIpc) is 1.85. The molecule has 0 saturated heterocycles. The van der Waals surface area contributed by atoms with Crippen LogP contribution in [0.4, 0.5) is 0 Å². The van der Waals surface area contributed by atoms with E-state index in [1.165, 1.54) is 0 Å². The summed E-state index contributed by atoms with van der Waals surface area (Å²) in [6, 6.07) is 0. The van der Waals surface area contributed by atoms with Crippen LogP contribution in [0.3, 0.4) is 0 Å². The van der Waals surface area contributed by atoms with Gasteiger partial charge in [0, 0.05) is 9.82 Å². The minimum absolute atomic E-state index is 0.288. The molecule has 7 heteroatoms. The molecule has 0 bridgehead atoms. The van der Waals surface area contributed by atoms with Crippen molar-refractivity contribution in [2.75, 3.05) is 13.0 Å². The van der Waals surface area contributed by atoms with Crippen LogP contribution in [0.25, 0.3) is 20.9 Å². The Labute approximate surface area is 52.9 Å². The second kappa shape index (κ2) is 5.19. The van der Waals surface area contributed by atoms with Crippen molar-refractivity contribution in [3.8, 4) is 0 Å². The summed E-state index contributed by atoms with van der Waals surface area (Å²) in [5, 5.41) is 3.23. The van der Waals surface area contributed by atoms with Gasteiger partial charge in [0.2, 0.25) is 0 Å². The molecule has 6 nitrogen and oxygen atoms in total. The smallest absolute Gasteiger partial charge is 0.0522 e. The van der Waals surface area contributed by atoms with Crippen LogP contribution in [-0.4, -0.2) is 13.0 Å². The molecule has 0 aliphatic carbocycles. The van der Waals surface area contributed by atoms with Gasteiger partial charge in [-0.25, -0.2) is 0 Å². The van der Waals surface area contributed by atoms with E-state index in [0.29, 0.717) is 0 Å². The van der Waals surface area contributed by atoms with Gasteiger partial charge in [0.25, 0.3) is 0 Å². The maximum absolute atomic E-state index is 7.88. The third kappa shape index (κ3) is 4.91. The molecule has 0 aliphatic rings. The lowest BCUT2D eigenvalue weighted by Gasteiger charge is -1.93. The molecule has 0 aromatic rings. The van der Waals surface area contributed by atoms with Gasteiger partial charge in [-0.05, 0) is 25.8 Å². The Bertz CT molecular complexity index is 164. The molecule has 9 heavy (non-hydrogen) atoms. The van der Waals surface area contributed by atoms with Crippen LogP contribution in [0.15, 0.2) is 10.00 Å². The van der Waals surface area contributed by atoms with Gasteiger partial charge in [-0.15, -0.1) is 0 Å². The van der Waals surface area contributed by atoms with Crippen molar-refractivity contribution in [1.82, 2.24) is 0 Å². The van der Waals surface area contributed by atoms with E-state index in [9.17, 15) is 0 Å². The molecule has 0 amide bonds. The van der Waals surface area contributed by atoms with E-state index >= 15 is 0 Å². The van der Waals surface area contributed by atoms with Crippen LogP contribution in [0.2, 0.25) is 0 Å². The fourth-order valence-electron chi connectivity index (χ4n) is 0.216. The van der Waals surface area contributed by atoms with Crippen molar-refractivity contribution < 1.29 is 0 Å². The van der Waals surface area contributed by atoms with Gasteiger partial charge < -0.3 is 0 Å². The first-order valence-electron chi connectivity index (χ1n) is 2.08. The van der Waals surface area contributed by atoms with Gasteiger partial charge in [-0.2, -0.15) is 0 Å². The predicted molar refractivity (Wildman–Crippen MR) is 36.0 cm³/mol. The third-order valence-corrected chi connectivity index (χ3v) is 1.45. The molecular formula is C2H5N6P. The third-order valence-electron chi connectivity index (χ3n) is 0.524. The lowest BCUT2D eigenvalue weighted by atomic mass is 11.5. The fraction of sp³-hybridized carbons (Fsp3) is 1.00. The molecule has 48 valence electrons. The van der Waals surface area contributed by atoms with Crippen molar-refractivity contribution in [2.24, 2.45) is 10.00 Å². The summed E-state index contributed by atoms with van der Waals surface area (Å²) in [5.41, 5.74) is 15.7. The molecule has 0 rings (SSSR count). The zero-order chi connectivity index (χ0) is 7.11. The maximum atomic E-state index is 7.88. The Hall–Kier alpha value is -0.950. The molecule has 0 spiro atoms. The van der Waals surface area contributed by atoms with Crippen LogP contribution in [0, 0.1) is 0 Å². The predicted octanol–water partition coefficient (Wildman–Crippen LogP) is 2.59. The highest BCUT2D eigenvalue weighted by Crippen LogP contribution is 2.31. The number of azide groups is 2. The molecule has 0 aliphatic heterocycles. The molecule has 1 atom stereocenters. The summed E-state index contributed by atoms with van der Waals surface area (Å²) in [7, 11) is -0.799. The van der Waals surface area contributed by atoms with Gasteiger partial charge in [0.05, 0.1) is 6.29 Å². The zero-order valence-corrected chi connectivity index (χ0v) is 5.73. The Morgan fingerprint density at radius 2 is 2.11 bits per heavy atom. The first-order valence-corrected chi connectivity index (χ1v) is 4.01. The molecule has 1 unspecified atom stereocenters. The van der Waals surface area contributed by atoms with E-state index in [0.717, 1.165) is 0 Å². The van der Waals surface area contributed by atoms with Gasteiger partial charge in [-0.1, -0.05) is 10.00 Å². The lowest BCUT2D eigenvalue weighted by Crippen LogP contribution is -1.67. The van der Waals surface area contributed by atoms with Gasteiger partial charge in [-0.3, -0.25) is 0 Å². The Kier molecular flexibility index (Phi) is 4.64. The van der Waals surface area contributed by atoms with Crippen LogP contribution in [-0.2, 0) is 0 Å². The Morgan fingerprint density at radius 3 is 2.56 bits per heavy atom. The average molecular weight is 144 g/mol. The first-order chi connectivity index (χ1) is 4.31. The first kappa shape index (κ1) is 8.05. The van der Waals surface area contributed by atoms with E-state index in [2.05, 4.69) is 19.8 Å². The highest BCUT2D eigenvalue weighted by atomic mass is 31.1. The molecule has 0 fully saturated rings. The largest absolute Gasteiger partial charge is 0.0892 e.